The summed E-state index contributed by atoms with van der Waals surface area (Å²) in [6.07, 6.45) is 0. The Morgan fingerprint density at radius 3 is 2.47 bits per heavy atom. The van der Waals surface area contributed by atoms with E-state index in [0.29, 0.717) is 18.0 Å². The molecule has 0 aromatic heterocycles. The minimum Gasteiger partial charge on any atom is -0.490 e. The molecular weight excluding hydrogens is 264 g/mol. The summed E-state index contributed by atoms with van der Waals surface area (Å²) < 4.78 is 31.1. The fourth-order valence-corrected chi connectivity index (χ4v) is 3.43. The number of nitrogens with two attached hydrogens (primary N) is 1. The topological polar surface area (TPSA) is 72.6 Å². The van der Waals surface area contributed by atoms with Crippen molar-refractivity contribution in [1.29, 1.82) is 0 Å². The Kier molecular flexibility index (Phi) is 5.62. The maximum absolute atomic E-state index is 12.1. The van der Waals surface area contributed by atoms with Gasteiger partial charge in [0.25, 0.3) is 0 Å². The highest BCUT2D eigenvalue weighted by atomic mass is 32.2. The van der Waals surface area contributed by atoms with Crippen molar-refractivity contribution in [3.05, 3.63) is 24.3 Å². The van der Waals surface area contributed by atoms with Gasteiger partial charge in [0.1, 0.15) is 12.4 Å². The monoisotopic (exact) mass is 286 g/mol. The number of rotatable bonds is 7. The zero-order valence-electron chi connectivity index (χ0n) is 11.7. The van der Waals surface area contributed by atoms with Gasteiger partial charge in [-0.2, -0.15) is 4.31 Å². The number of anilines is 1. The fourth-order valence-electron chi connectivity index (χ4n) is 1.87. The average molecular weight is 286 g/mol. The van der Waals surface area contributed by atoms with E-state index in [1.807, 2.05) is 20.8 Å². The maximum Gasteiger partial charge on any atom is 0.217 e. The molecular formula is C13H22N2O3S. The molecule has 6 heteroatoms. The van der Waals surface area contributed by atoms with E-state index in [0.717, 1.165) is 0 Å². The molecule has 108 valence electrons. The van der Waals surface area contributed by atoms with Crippen LogP contribution in [0.5, 0.6) is 5.75 Å². The average Bonchev–Trinajstić information content (AvgIpc) is 2.31. The lowest BCUT2D eigenvalue weighted by atomic mass is 10.3. The zero-order chi connectivity index (χ0) is 14.5. The molecule has 0 aliphatic carbocycles. The molecule has 0 saturated carbocycles. The van der Waals surface area contributed by atoms with Gasteiger partial charge in [0.05, 0.1) is 11.4 Å². The molecule has 0 saturated heterocycles. The van der Waals surface area contributed by atoms with E-state index in [-0.39, 0.29) is 18.4 Å². The number of nitrogens with zero attached hydrogens (tertiary/aromatic N) is 1. The molecule has 1 rings (SSSR count). The Morgan fingerprint density at radius 1 is 1.32 bits per heavy atom. The number of sulfonamides is 1. The molecule has 2 N–H and O–H groups in total. The number of benzene rings is 1. The van der Waals surface area contributed by atoms with Crippen molar-refractivity contribution >= 4 is 15.7 Å². The summed E-state index contributed by atoms with van der Waals surface area (Å²) in [7, 11) is -3.29. The minimum atomic E-state index is -3.29. The highest BCUT2D eigenvalue weighted by Crippen LogP contribution is 2.19. The quantitative estimate of drug-likeness (QED) is 0.774. The molecule has 0 fully saturated rings. The first-order chi connectivity index (χ1) is 8.88. The third kappa shape index (κ3) is 4.40. The number of para-hydroxylation sites is 2. The van der Waals surface area contributed by atoms with Gasteiger partial charge < -0.3 is 10.5 Å². The second kappa shape index (κ2) is 6.77. The van der Waals surface area contributed by atoms with Crippen LogP contribution in [0.3, 0.4) is 0 Å². The molecule has 0 amide bonds. The van der Waals surface area contributed by atoms with Gasteiger partial charge in [-0.25, -0.2) is 8.42 Å². The van der Waals surface area contributed by atoms with E-state index in [1.54, 1.807) is 24.3 Å². The van der Waals surface area contributed by atoms with E-state index >= 15 is 0 Å². The molecule has 0 radical (unpaired) electrons. The first kappa shape index (κ1) is 15.8. The van der Waals surface area contributed by atoms with Crippen LogP contribution in [0, 0.1) is 0 Å². The molecule has 0 bridgehead atoms. The normalized spacial score (nSPS) is 12.1. The summed E-state index contributed by atoms with van der Waals surface area (Å²) in [5, 5.41) is 0. The summed E-state index contributed by atoms with van der Waals surface area (Å²) in [6.45, 7) is 6.11. The first-order valence-electron chi connectivity index (χ1n) is 6.35. The van der Waals surface area contributed by atoms with Crippen molar-refractivity contribution < 1.29 is 13.2 Å². The highest BCUT2D eigenvalue weighted by Gasteiger charge is 2.23. The third-order valence-electron chi connectivity index (χ3n) is 2.76. The van der Waals surface area contributed by atoms with E-state index in [2.05, 4.69) is 0 Å². The second-order valence-electron chi connectivity index (χ2n) is 4.50. The van der Waals surface area contributed by atoms with Gasteiger partial charge in [-0.1, -0.05) is 19.1 Å². The van der Waals surface area contributed by atoms with Crippen LogP contribution in [-0.4, -0.2) is 37.7 Å². The Bertz CT molecular complexity index is 500. The summed E-state index contributed by atoms with van der Waals surface area (Å²) in [5.74, 6) is 0.471. The standard InChI is InChI=1S/C13H22N2O3S/c1-4-15(11(2)3)19(16,17)10-9-18-13-8-6-5-7-12(13)14/h5-8,11H,4,9-10,14H2,1-3H3. The largest absolute Gasteiger partial charge is 0.490 e. The number of nitrogen functional groups attached to an aromatic ring is 1. The molecule has 19 heavy (non-hydrogen) atoms. The molecule has 0 heterocycles. The lowest BCUT2D eigenvalue weighted by molar-refractivity contribution is 0.328. The van der Waals surface area contributed by atoms with Crippen LogP contribution >= 0.6 is 0 Å². The van der Waals surface area contributed by atoms with Gasteiger partial charge in [0.2, 0.25) is 10.0 Å². The number of hydrogen-bond donors (Lipinski definition) is 1. The molecule has 0 unspecified atom stereocenters. The molecule has 1 aromatic rings. The second-order valence-corrected chi connectivity index (χ2v) is 6.54. The molecule has 1 aromatic carbocycles. The lowest BCUT2D eigenvalue weighted by Crippen LogP contribution is -2.39. The number of ether oxygens (including phenoxy) is 1. The van der Waals surface area contributed by atoms with Crippen LogP contribution in [0.4, 0.5) is 5.69 Å². The third-order valence-corrected chi connectivity index (χ3v) is 4.84. The molecule has 0 spiro atoms. The van der Waals surface area contributed by atoms with Gasteiger partial charge >= 0.3 is 0 Å². The smallest absolute Gasteiger partial charge is 0.217 e. The van der Waals surface area contributed by atoms with Crippen molar-refractivity contribution in [2.24, 2.45) is 0 Å². The van der Waals surface area contributed by atoms with Gasteiger partial charge in [0.15, 0.2) is 0 Å². The van der Waals surface area contributed by atoms with Crippen molar-refractivity contribution in [2.75, 3.05) is 24.6 Å². The Balaban J connectivity index is 2.60. The van der Waals surface area contributed by atoms with Gasteiger partial charge in [-0.15, -0.1) is 0 Å². The Hall–Kier alpha value is -1.27. The Labute approximate surface area is 115 Å². The van der Waals surface area contributed by atoms with E-state index in [1.165, 1.54) is 4.31 Å². The predicted octanol–water partition coefficient (Wildman–Crippen LogP) is 1.71. The molecule has 0 aliphatic heterocycles. The van der Waals surface area contributed by atoms with Crippen LogP contribution in [0.2, 0.25) is 0 Å². The van der Waals surface area contributed by atoms with Crippen molar-refractivity contribution in [3.8, 4) is 5.75 Å². The summed E-state index contributed by atoms with van der Waals surface area (Å²) in [5.41, 5.74) is 6.23. The maximum atomic E-state index is 12.1. The number of hydrogen-bond acceptors (Lipinski definition) is 4. The fraction of sp³-hybridized carbons (Fsp3) is 0.538. The minimum absolute atomic E-state index is 0.0446. The van der Waals surface area contributed by atoms with E-state index < -0.39 is 10.0 Å². The van der Waals surface area contributed by atoms with E-state index in [9.17, 15) is 8.42 Å². The van der Waals surface area contributed by atoms with Crippen molar-refractivity contribution in [3.63, 3.8) is 0 Å². The van der Waals surface area contributed by atoms with Crippen LogP contribution in [0.25, 0.3) is 0 Å². The Morgan fingerprint density at radius 2 is 1.95 bits per heavy atom. The van der Waals surface area contributed by atoms with Crippen LogP contribution < -0.4 is 10.5 Å². The van der Waals surface area contributed by atoms with Gasteiger partial charge in [-0.3, -0.25) is 0 Å². The SMILES string of the molecule is CCN(C(C)C)S(=O)(=O)CCOc1ccccc1N. The summed E-state index contributed by atoms with van der Waals surface area (Å²) >= 11 is 0. The molecule has 5 nitrogen and oxygen atoms in total. The van der Waals surface area contributed by atoms with E-state index in [4.69, 9.17) is 10.5 Å². The summed E-state index contributed by atoms with van der Waals surface area (Å²) in [6, 6.07) is 7.00. The zero-order valence-corrected chi connectivity index (χ0v) is 12.5. The van der Waals surface area contributed by atoms with Crippen LogP contribution in [-0.2, 0) is 10.0 Å². The predicted molar refractivity (Wildman–Crippen MR) is 77.7 cm³/mol. The van der Waals surface area contributed by atoms with Gasteiger partial charge in [0, 0.05) is 12.6 Å². The van der Waals surface area contributed by atoms with Gasteiger partial charge in [-0.05, 0) is 26.0 Å². The lowest BCUT2D eigenvalue weighted by Gasteiger charge is -2.24. The van der Waals surface area contributed by atoms with Crippen LogP contribution in [0.1, 0.15) is 20.8 Å². The molecule has 0 aliphatic rings. The molecule has 0 atom stereocenters. The van der Waals surface area contributed by atoms with Crippen molar-refractivity contribution in [2.45, 2.75) is 26.8 Å². The first-order valence-corrected chi connectivity index (χ1v) is 7.96. The van der Waals surface area contributed by atoms with Crippen molar-refractivity contribution in [1.82, 2.24) is 4.31 Å². The highest BCUT2D eigenvalue weighted by molar-refractivity contribution is 7.89. The summed E-state index contributed by atoms with van der Waals surface area (Å²) in [4.78, 5) is 0. The van der Waals surface area contributed by atoms with Crippen LogP contribution in [0.15, 0.2) is 24.3 Å².